The largest absolute Gasteiger partial charge is 0.0776 e. The lowest BCUT2D eigenvalue weighted by Gasteiger charge is -2.06. The van der Waals surface area contributed by atoms with Crippen LogP contribution in [0.1, 0.15) is 70.3 Å². The van der Waals surface area contributed by atoms with Gasteiger partial charge >= 0.3 is 0 Å². The van der Waals surface area contributed by atoms with Gasteiger partial charge in [0.1, 0.15) is 0 Å². The van der Waals surface area contributed by atoms with Crippen molar-refractivity contribution in [1.82, 2.24) is 0 Å². The molecule has 1 unspecified atom stereocenters. The molecule has 0 bridgehead atoms. The summed E-state index contributed by atoms with van der Waals surface area (Å²) in [6.45, 7) is 2.29. The van der Waals surface area contributed by atoms with Crippen molar-refractivity contribution < 1.29 is 0 Å². The fourth-order valence-electron chi connectivity index (χ4n) is 3.10. The molecule has 19 heavy (non-hydrogen) atoms. The maximum absolute atomic E-state index is 2.54. The summed E-state index contributed by atoms with van der Waals surface area (Å²) >= 11 is 0. The Labute approximate surface area is 118 Å². The summed E-state index contributed by atoms with van der Waals surface area (Å²) in [5.41, 5.74) is 3.02. The molecule has 1 atom stereocenters. The zero-order chi connectivity index (χ0) is 13.3. The number of benzene rings is 1. The van der Waals surface area contributed by atoms with Gasteiger partial charge in [-0.15, -0.1) is 0 Å². The van der Waals surface area contributed by atoms with E-state index in [1.807, 2.05) is 0 Å². The van der Waals surface area contributed by atoms with E-state index in [1.165, 1.54) is 63.4 Å². The molecule has 0 N–H and O–H groups in total. The third-order valence-electron chi connectivity index (χ3n) is 4.29. The monoisotopic (exact) mass is 256 g/mol. The zero-order valence-corrected chi connectivity index (χ0v) is 12.4. The lowest BCUT2D eigenvalue weighted by molar-refractivity contribution is 0.513. The molecule has 0 amide bonds. The molecule has 2 rings (SSSR count). The van der Waals surface area contributed by atoms with E-state index in [0.29, 0.717) is 0 Å². The van der Waals surface area contributed by atoms with E-state index in [1.54, 1.807) is 5.57 Å². The van der Waals surface area contributed by atoms with E-state index in [9.17, 15) is 0 Å². The Kier molecular flexibility index (Phi) is 6.20. The minimum atomic E-state index is 0.849. The number of rotatable bonds is 8. The first-order valence-corrected chi connectivity index (χ1v) is 8.16. The van der Waals surface area contributed by atoms with Crippen molar-refractivity contribution in [2.24, 2.45) is 5.92 Å². The fraction of sp³-hybridized carbons (Fsp3) is 0.579. The van der Waals surface area contributed by atoms with Crippen LogP contribution in [0.2, 0.25) is 0 Å². The smallest absolute Gasteiger partial charge is 0.0224 e. The van der Waals surface area contributed by atoms with Gasteiger partial charge in [-0.05, 0) is 36.3 Å². The predicted octanol–water partition coefficient (Wildman–Crippen LogP) is 6.23. The van der Waals surface area contributed by atoms with Gasteiger partial charge in [0.05, 0.1) is 0 Å². The van der Waals surface area contributed by atoms with Gasteiger partial charge < -0.3 is 0 Å². The summed E-state index contributed by atoms with van der Waals surface area (Å²) in [7, 11) is 0. The Morgan fingerprint density at radius 3 is 2.47 bits per heavy atom. The Morgan fingerprint density at radius 2 is 1.68 bits per heavy atom. The minimum absolute atomic E-state index is 0.849. The van der Waals surface area contributed by atoms with Crippen LogP contribution in [0.25, 0.3) is 5.57 Å². The summed E-state index contributed by atoms with van der Waals surface area (Å²) in [6, 6.07) is 10.9. The maximum atomic E-state index is 2.54. The number of hydrogen-bond donors (Lipinski definition) is 0. The van der Waals surface area contributed by atoms with Gasteiger partial charge in [-0.3, -0.25) is 0 Å². The van der Waals surface area contributed by atoms with Gasteiger partial charge in [-0.2, -0.15) is 0 Å². The van der Waals surface area contributed by atoms with Gasteiger partial charge in [-0.25, -0.2) is 0 Å². The van der Waals surface area contributed by atoms with Crippen LogP contribution >= 0.6 is 0 Å². The molecule has 1 aliphatic rings. The van der Waals surface area contributed by atoms with Crippen molar-refractivity contribution in [1.29, 1.82) is 0 Å². The highest BCUT2D eigenvalue weighted by molar-refractivity contribution is 5.67. The van der Waals surface area contributed by atoms with E-state index in [-0.39, 0.29) is 0 Å². The van der Waals surface area contributed by atoms with Crippen LogP contribution in [0.4, 0.5) is 0 Å². The zero-order valence-electron chi connectivity index (χ0n) is 12.4. The second-order valence-corrected chi connectivity index (χ2v) is 5.91. The van der Waals surface area contributed by atoms with Crippen molar-refractivity contribution in [3.63, 3.8) is 0 Å². The molecule has 0 nitrogen and oxygen atoms in total. The highest BCUT2D eigenvalue weighted by atomic mass is 14.2. The first-order chi connectivity index (χ1) is 9.40. The maximum Gasteiger partial charge on any atom is -0.0224 e. The third kappa shape index (κ3) is 4.86. The molecule has 0 saturated carbocycles. The molecule has 0 aromatic heterocycles. The van der Waals surface area contributed by atoms with Crippen molar-refractivity contribution in [2.75, 3.05) is 0 Å². The van der Waals surface area contributed by atoms with E-state index >= 15 is 0 Å². The molecule has 0 fully saturated rings. The molecule has 1 aromatic carbocycles. The molecule has 0 aliphatic heterocycles. The van der Waals surface area contributed by atoms with Crippen molar-refractivity contribution >= 4 is 5.57 Å². The average molecular weight is 256 g/mol. The molecule has 0 saturated heterocycles. The molecule has 1 aliphatic carbocycles. The predicted molar refractivity (Wildman–Crippen MR) is 85.1 cm³/mol. The second-order valence-electron chi connectivity index (χ2n) is 5.91. The summed E-state index contributed by atoms with van der Waals surface area (Å²) < 4.78 is 0. The summed E-state index contributed by atoms with van der Waals surface area (Å²) in [5.74, 6) is 0.849. The van der Waals surface area contributed by atoms with Crippen LogP contribution in [-0.4, -0.2) is 0 Å². The second kappa shape index (κ2) is 8.19. The highest BCUT2D eigenvalue weighted by Gasteiger charge is 2.16. The van der Waals surface area contributed by atoms with Crippen LogP contribution in [0.3, 0.4) is 0 Å². The lowest BCUT2D eigenvalue weighted by Crippen LogP contribution is -1.91. The van der Waals surface area contributed by atoms with Gasteiger partial charge in [0, 0.05) is 0 Å². The Bertz CT molecular complexity index is 374. The van der Waals surface area contributed by atoms with E-state index in [0.717, 1.165) is 5.92 Å². The molecule has 0 radical (unpaired) electrons. The summed E-state index contributed by atoms with van der Waals surface area (Å²) in [4.78, 5) is 0. The fourth-order valence-corrected chi connectivity index (χ4v) is 3.10. The molecule has 104 valence electrons. The van der Waals surface area contributed by atoms with Gasteiger partial charge in [0.25, 0.3) is 0 Å². The molecule has 0 spiro atoms. The normalized spacial score (nSPS) is 18.6. The minimum Gasteiger partial charge on any atom is -0.0776 e. The van der Waals surface area contributed by atoms with Crippen LogP contribution in [0.15, 0.2) is 36.4 Å². The van der Waals surface area contributed by atoms with Crippen molar-refractivity contribution in [3.8, 4) is 0 Å². The average Bonchev–Trinajstić information content (AvgIpc) is 2.92. The Morgan fingerprint density at radius 1 is 0.947 bits per heavy atom. The van der Waals surface area contributed by atoms with Gasteiger partial charge in [0.15, 0.2) is 0 Å². The first-order valence-electron chi connectivity index (χ1n) is 8.16. The van der Waals surface area contributed by atoms with Gasteiger partial charge in [0.2, 0.25) is 0 Å². The van der Waals surface area contributed by atoms with Crippen molar-refractivity contribution in [3.05, 3.63) is 42.0 Å². The Hall–Kier alpha value is -1.04. The number of allylic oxidation sites excluding steroid dienone is 2. The van der Waals surface area contributed by atoms with Crippen LogP contribution < -0.4 is 0 Å². The summed E-state index contributed by atoms with van der Waals surface area (Å²) in [5, 5.41) is 0. The molecule has 0 heterocycles. The quantitative estimate of drug-likeness (QED) is 0.484. The highest BCUT2D eigenvalue weighted by Crippen LogP contribution is 2.34. The van der Waals surface area contributed by atoms with Crippen molar-refractivity contribution in [2.45, 2.75) is 64.7 Å². The molecular weight excluding hydrogens is 228 g/mol. The SMILES string of the molecule is CCCCCCCCC1C=C(c2ccccc2)CC1. The van der Waals surface area contributed by atoms with Crippen LogP contribution in [0.5, 0.6) is 0 Å². The van der Waals surface area contributed by atoms with E-state index in [2.05, 4.69) is 43.3 Å². The molecule has 0 heteroatoms. The third-order valence-corrected chi connectivity index (χ3v) is 4.29. The van der Waals surface area contributed by atoms with Crippen LogP contribution in [0, 0.1) is 5.92 Å². The number of unbranched alkanes of at least 4 members (excludes halogenated alkanes) is 5. The molecular formula is C19H28. The number of hydrogen-bond acceptors (Lipinski definition) is 0. The van der Waals surface area contributed by atoms with Crippen LogP contribution in [-0.2, 0) is 0 Å². The van der Waals surface area contributed by atoms with E-state index < -0.39 is 0 Å². The van der Waals surface area contributed by atoms with Gasteiger partial charge in [-0.1, -0.05) is 81.9 Å². The topological polar surface area (TPSA) is 0 Å². The van der Waals surface area contributed by atoms with E-state index in [4.69, 9.17) is 0 Å². The first kappa shape index (κ1) is 14.4. The molecule has 1 aromatic rings. The lowest BCUT2D eigenvalue weighted by atomic mass is 10.00. The standard InChI is InChI=1S/C19H28/c1-2-3-4-5-6-8-11-17-14-15-19(16-17)18-12-9-7-10-13-18/h7,9-10,12-13,16-17H,2-6,8,11,14-15H2,1H3. The Balaban J connectivity index is 1.68. The summed E-state index contributed by atoms with van der Waals surface area (Å²) in [6.07, 6.45) is 15.1.